The SMILES string of the molecule is CCc1cccc2c(C(C)=O)c3c(nc12)CCC3. The quantitative estimate of drug-likeness (QED) is 0.751. The molecule has 0 spiro atoms. The van der Waals surface area contributed by atoms with Crippen LogP contribution in [0.2, 0.25) is 0 Å². The summed E-state index contributed by atoms with van der Waals surface area (Å²) >= 11 is 0. The van der Waals surface area contributed by atoms with Gasteiger partial charge in [-0.25, -0.2) is 0 Å². The van der Waals surface area contributed by atoms with Crippen molar-refractivity contribution in [1.82, 2.24) is 4.98 Å². The Balaban J connectivity index is 2.45. The topological polar surface area (TPSA) is 30.0 Å². The van der Waals surface area contributed by atoms with E-state index in [-0.39, 0.29) is 5.78 Å². The number of aromatic nitrogens is 1. The van der Waals surface area contributed by atoms with Gasteiger partial charge < -0.3 is 0 Å². The minimum Gasteiger partial charge on any atom is -0.294 e. The van der Waals surface area contributed by atoms with Gasteiger partial charge in [-0.1, -0.05) is 25.1 Å². The van der Waals surface area contributed by atoms with E-state index in [1.54, 1.807) is 6.92 Å². The highest BCUT2D eigenvalue weighted by atomic mass is 16.1. The fourth-order valence-electron chi connectivity index (χ4n) is 3.03. The van der Waals surface area contributed by atoms with Crippen molar-refractivity contribution in [3.05, 3.63) is 40.6 Å². The number of nitrogens with zero attached hydrogens (tertiary/aromatic N) is 1. The predicted octanol–water partition coefficient (Wildman–Crippen LogP) is 3.49. The second-order valence-corrected chi connectivity index (χ2v) is 4.99. The number of pyridine rings is 1. The van der Waals surface area contributed by atoms with E-state index in [1.165, 1.54) is 11.1 Å². The predicted molar refractivity (Wildman–Crippen MR) is 73.2 cm³/mol. The molecule has 0 saturated heterocycles. The first-order valence-corrected chi connectivity index (χ1v) is 6.66. The number of hydrogen-bond acceptors (Lipinski definition) is 2. The third-order valence-electron chi connectivity index (χ3n) is 3.86. The van der Waals surface area contributed by atoms with Crippen LogP contribution >= 0.6 is 0 Å². The highest BCUT2D eigenvalue weighted by molar-refractivity contribution is 6.08. The van der Waals surface area contributed by atoms with Crippen molar-refractivity contribution in [1.29, 1.82) is 0 Å². The van der Waals surface area contributed by atoms with E-state index in [0.29, 0.717) is 0 Å². The van der Waals surface area contributed by atoms with Crippen LogP contribution in [0.3, 0.4) is 0 Å². The number of fused-ring (bicyclic) bond motifs is 2. The lowest BCUT2D eigenvalue weighted by Crippen LogP contribution is -2.04. The molecule has 1 heterocycles. The largest absolute Gasteiger partial charge is 0.294 e. The molecule has 0 aliphatic heterocycles. The summed E-state index contributed by atoms with van der Waals surface area (Å²) in [4.78, 5) is 16.8. The number of rotatable bonds is 2. The van der Waals surface area contributed by atoms with E-state index >= 15 is 0 Å². The molecule has 2 heteroatoms. The lowest BCUT2D eigenvalue weighted by Gasteiger charge is -2.12. The molecule has 0 radical (unpaired) electrons. The minimum absolute atomic E-state index is 0.175. The van der Waals surface area contributed by atoms with Crippen LogP contribution in [-0.2, 0) is 19.3 Å². The molecule has 0 N–H and O–H groups in total. The number of aryl methyl sites for hydroxylation is 2. The summed E-state index contributed by atoms with van der Waals surface area (Å²) in [5.41, 5.74) is 5.54. The lowest BCUT2D eigenvalue weighted by atomic mass is 9.96. The standard InChI is InChI=1S/C16H17NO/c1-3-11-6-4-8-13-15(10(2)18)12-7-5-9-14(12)17-16(11)13/h4,6,8H,3,5,7,9H2,1-2H3. The molecule has 1 aromatic carbocycles. The molecular weight excluding hydrogens is 222 g/mol. The van der Waals surface area contributed by atoms with Gasteiger partial charge in [0.05, 0.1) is 5.52 Å². The van der Waals surface area contributed by atoms with E-state index < -0.39 is 0 Å². The lowest BCUT2D eigenvalue weighted by molar-refractivity contribution is 0.101. The van der Waals surface area contributed by atoms with Gasteiger partial charge in [-0.2, -0.15) is 0 Å². The van der Waals surface area contributed by atoms with Crippen molar-refractivity contribution in [3.8, 4) is 0 Å². The zero-order valence-electron chi connectivity index (χ0n) is 10.9. The molecule has 0 bridgehead atoms. The van der Waals surface area contributed by atoms with Gasteiger partial charge in [-0.3, -0.25) is 9.78 Å². The number of hydrogen-bond donors (Lipinski definition) is 0. The summed E-state index contributed by atoms with van der Waals surface area (Å²) in [5.74, 6) is 0.175. The highest BCUT2D eigenvalue weighted by Gasteiger charge is 2.22. The third kappa shape index (κ3) is 1.56. The highest BCUT2D eigenvalue weighted by Crippen LogP contribution is 2.31. The Morgan fingerprint density at radius 1 is 1.33 bits per heavy atom. The first-order chi connectivity index (χ1) is 8.72. The first kappa shape index (κ1) is 11.4. The molecule has 3 rings (SSSR count). The van der Waals surface area contributed by atoms with Crippen LogP contribution in [0.4, 0.5) is 0 Å². The Kier molecular flexibility index (Phi) is 2.66. The number of benzene rings is 1. The number of carbonyl (C=O) groups excluding carboxylic acids is 1. The molecule has 0 fully saturated rings. The summed E-state index contributed by atoms with van der Waals surface area (Å²) in [7, 11) is 0. The van der Waals surface area contributed by atoms with Gasteiger partial charge in [0.15, 0.2) is 5.78 Å². The molecule has 0 saturated carbocycles. The molecule has 0 amide bonds. The summed E-state index contributed by atoms with van der Waals surface area (Å²) in [6.45, 7) is 3.81. The Bertz CT molecular complexity index is 643. The fourth-order valence-corrected chi connectivity index (χ4v) is 3.03. The Labute approximate surface area is 107 Å². The molecule has 1 aliphatic rings. The van der Waals surface area contributed by atoms with Crippen LogP contribution in [0.1, 0.15) is 47.4 Å². The van der Waals surface area contributed by atoms with Crippen molar-refractivity contribution in [3.63, 3.8) is 0 Å². The van der Waals surface area contributed by atoms with Crippen LogP contribution in [0, 0.1) is 0 Å². The average molecular weight is 239 g/mol. The minimum atomic E-state index is 0.175. The van der Waals surface area contributed by atoms with Gasteiger partial charge in [0.1, 0.15) is 0 Å². The van der Waals surface area contributed by atoms with Gasteiger partial charge in [-0.15, -0.1) is 0 Å². The maximum Gasteiger partial charge on any atom is 0.160 e. The van der Waals surface area contributed by atoms with E-state index in [0.717, 1.165) is 47.8 Å². The number of para-hydroxylation sites is 1. The average Bonchev–Trinajstić information content (AvgIpc) is 2.82. The van der Waals surface area contributed by atoms with E-state index in [1.807, 2.05) is 12.1 Å². The molecule has 18 heavy (non-hydrogen) atoms. The Morgan fingerprint density at radius 2 is 2.17 bits per heavy atom. The molecule has 0 atom stereocenters. The summed E-state index contributed by atoms with van der Waals surface area (Å²) in [6, 6.07) is 6.19. The number of Topliss-reactive ketones (excluding diaryl/α,β-unsaturated/α-hetero) is 1. The molecule has 0 unspecified atom stereocenters. The van der Waals surface area contributed by atoms with Crippen molar-refractivity contribution in [2.75, 3.05) is 0 Å². The van der Waals surface area contributed by atoms with Crippen molar-refractivity contribution < 1.29 is 4.79 Å². The maximum atomic E-state index is 12.0. The summed E-state index contributed by atoms with van der Waals surface area (Å²) < 4.78 is 0. The van der Waals surface area contributed by atoms with Crippen molar-refractivity contribution in [2.24, 2.45) is 0 Å². The van der Waals surface area contributed by atoms with Gasteiger partial charge in [-0.05, 0) is 43.7 Å². The van der Waals surface area contributed by atoms with Gasteiger partial charge in [0.25, 0.3) is 0 Å². The second kappa shape index (κ2) is 4.20. The molecular formula is C16H17NO. The normalized spacial score (nSPS) is 13.9. The fraction of sp³-hybridized carbons (Fsp3) is 0.375. The number of carbonyl (C=O) groups is 1. The summed E-state index contributed by atoms with van der Waals surface area (Å²) in [6.07, 6.45) is 4.11. The van der Waals surface area contributed by atoms with E-state index in [2.05, 4.69) is 13.0 Å². The second-order valence-electron chi connectivity index (χ2n) is 4.99. The van der Waals surface area contributed by atoms with Crippen molar-refractivity contribution in [2.45, 2.75) is 39.5 Å². The molecule has 2 aromatic rings. The molecule has 92 valence electrons. The van der Waals surface area contributed by atoms with Crippen LogP contribution < -0.4 is 0 Å². The number of ketones is 1. The Hall–Kier alpha value is -1.70. The van der Waals surface area contributed by atoms with Gasteiger partial charge >= 0.3 is 0 Å². The zero-order chi connectivity index (χ0) is 12.7. The van der Waals surface area contributed by atoms with Crippen LogP contribution in [-0.4, -0.2) is 10.8 Å². The Morgan fingerprint density at radius 3 is 2.89 bits per heavy atom. The van der Waals surface area contributed by atoms with Crippen LogP contribution in [0.15, 0.2) is 18.2 Å². The zero-order valence-corrected chi connectivity index (χ0v) is 10.9. The van der Waals surface area contributed by atoms with Gasteiger partial charge in [0, 0.05) is 16.6 Å². The van der Waals surface area contributed by atoms with Crippen LogP contribution in [0.5, 0.6) is 0 Å². The maximum absolute atomic E-state index is 12.0. The first-order valence-electron chi connectivity index (χ1n) is 6.66. The molecule has 1 aliphatic carbocycles. The molecule has 1 aromatic heterocycles. The monoisotopic (exact) mass is 239 g/mol. The van der Waals surface area contributed by atoms with Crippen LogP contribution in [0.25, 0.3) is 10.9 Å². The van der Waals surface area contributed by atoms with E-state index in [9.17, 15) is 4.79 Å². The summed E-state index contributed by atoms with van der Waals surface area (Å²) in [5, 5.41) is 1.04. The van der Waals surface area contributed by atoms with E-state index in [4.69, 9.17) is 4.98 Å². The third-order valence-corrected chi connectivity index (χ3v) is 3.86. The van der Waals surface area contributed by atoms with Crippen molar-refractivity contribution >= 4 is 16.7 Å². The van der Waals surface area contributed by atoms with Gasteiger partial charge in [0.2, 0.25) is 0 Å². The smallest absolute Gasteiger partial charge is 0.160 e. The molecule has 2 nitrogen and oxygen atoms in total.